The van der Waals surface area contributed by atoms with Crippen molar-refractivity contribution >= 4 is 71.1 Å². The van der Waals surface area contributed by atoms with E-state index >= 15 is 0 Å². The molecule has 4 rings (SSSR count). The summed E-state index contributed by atoms with van der Waals surface area (Å²) in [6.07, 6.45) is 4.62. The molecule has 1 aliphatic rings. The van der Waals surface area contributed by atoms with Crippen LogP contribution in [0.1, 0.15) is 56.7 Å². The van der Waals surface area contributed by atoms with Gasteiger partial charge in [-0.3, -0.25) is 14.4 Å². The van der Waals surface area contributed by atoms with Crippen molar-refractivity contribution in [3.63, 3.8) is 0 Å². The summed E-state index contributed by atoms with van der Waals surface area (Å²) in [5.41, 5.74) is 3.82. The van der Waals surface area contributed by atoms with Gasteiger partial charge in [-0.1, -0.05) is 36.4 Å². The minimum atomic E-state index is -0.805. The molecule has 3 aromatic carbocycles. The molecular weight excluding hydrogens is 925 g/mol. The Balaban J connectivity index is 1.39. The first kappa shape index (κ1) is 56.2. The lowest BCUT2D eigenvalue weighted by Crippen LogP contribution is -2.38. The number of rotatable bonds is 24. The first-order valence-electron chi connectivity index (χ1n) is 23.4. The van der Waals surface area contributed by atoms with Gasteiger partial charge in [-0.05, 0) is 111 Å². The quantitative estimate of drug-likeness (QED) is 0.0404. The van der Waals surface area contributed by atoms with E-state index in [0.29, 0.717) is 36.3 Å². The van der Waals surface area contributed by atoms with E-state index < -0.39 is 53.6 Å². The van der Waals surface area contributed by atoms with Crippen LogP contribution in [0, 0.1) is 51.7 Å². The lowest BCUT2D eigenvalue weighted by Gasteiger charge is -2.32. The van der Waals surface area contributed by atoms with E-state index in [4.69, 9.17) is 28.4 Å². The van der Waals surface area contributed by atoms with E-state index in [1.165, 1.54) is 18.2 Å². The number of likely N-dealkylation sites (N-methyl/N-ethyl adjacent to an activating group) is 3. The zero-order valence-corrected chi connectivity index (χ0v) is 41.5. The van der Waals surface area contributed by atoms with Gasteiger partial charge in [0.15, 0.2) is 0 Å². The summed E-state index contributed by atoms with van der Waals surface area (Å²) in [5.74, 6) is -6.23. The second-order valence-electron chi connectivity index (χ2n) is 16.5. The van der Waals surface area contributed by atoms with E-state index in [-0.39, 0.29) is 75.6 Å². The fourth-order valence-electron chi connectivity index (χ4n) is 7.50. The zero-order chi connectivity index (χ0) is 52.6. The van der Waals surface area contributed by atoms with Crippen LogP contribution in [0.4, 0.5) is 17.1 Å². The van der Waals surface area contributed by atoms with E-state index in [1.807, 2.05) is 54.1 Å². The number of ether oxygens (including phenoxy) is 6. The molecule has 0 radical (unpaired) electrons. The molecule has 1 aliphatic carbocycles. The van der Waals surface area contributed by atoms with Gasteiger partial charge in [0.1, 0.15) is 54.7 Å². The van der Waals surface area contributed by atoms with E-state index in [0.717, 1.165) is 17.1 Å². The number of nitriles is 3. The molecule has 0 atom stereocenters. The minimum Gasteiger partial charge on any atom is -0.464 e. The zero-order valence-electron chi connectivity index (χ0n) is 41.5. The number of carbonyl (C=O) groups is 6. The van der Waals surface area contributed by atoms with Gasteiger partial charge in [-0.15, -0.1) is 0 Å². The highest BCUT2D eigenvalue weighted by atomic mass is 16.6. The molecule has 0 saturated heterocycles. The summed E-state index contributed by atoms with van der Waals surface area (Å²) in [5, 5.41) is 28.1. The molecule has 3 aromatic rings. The Kier molecular flexibility index (Phi) is 22.6. The second kappa shape index (κ2) is 28.9. The molecule has 1 fully saturated rings. The van der Waals surface area contributed by atoms with Crippen LogP contribution in [-0.4, -0.2) is 116 Å². The average molecular weight is 985 g/mol. The number of hydrogen-bond acceptors (Lipinski definition) is 18. The van der Waals surface area contributed by atoms with Crippen LogP contribution in [0.2, 0.25) is 0 Å². The molecule has 0 spiro atoms. The lowest BCUT2D eigenvalue weighted by molar-refractivity contribution is -0.160. The Bertz CT molecular complexity index is 2300. The summed E-state index contributed by atoms with van der Waals surface area (Å²) in [6, 6.07) is 26.8. The number of benzene rings is 3. The molecule has 1 saturated carbocycles. The van der Waals surface area contributed by atoms with Crippen LogP contribution in [0.25, 0.3) is 18.2 Å². The number of anilines is 3. The fraction of sp³-hybridized carbons (Fsp3) is 0.389. The van der Waals surface area contributed by atoms with Gasteiger partial charge in [-0.25, -0.2) is 14.4 Å². The van der Waals surface area contributed by atoms with Crippen molar-refractivity contribution in [1.82, 2.24) is 0 Å². The van der Waals surface area contributed by atoms with Crippen molar-refractivity contribution in [1.29, 1.82) is 15.8 Å². The average Bonchev–Trinajstić information content (AvgIpc) is 3.38. The highest BCUT2D eigenvalue weighted by Crippen LogP contribution is 2.36. The minimum absolute atomic E-state index is 0.00210. The van der Waals surface area contributed by atoms with Gasteiger partial charge in [0.2, 0.25) is 0 Å². The van der Waals surface area contributed by atoms with Crippen LogP contribution in [0.15, 0.2) is 89.5 Å². The Morgan fingerprint density at radius 1 is 0.444 bits per heavy atom. The van der Waals surface area contributed by atoms with Crippen LogP contribution in [-0.2, 0) is 57.2 Å². The van der Waals surface area contributed by atoms with Crippen molar-refractivity contribution in [2.45, 2.75) is 40.0 Å². The maximum atomic E-state index is 13.7. The maximum absolute atomic E-state index is 13.7. The Morgan fingerprint density at radius 3 is 0.889 bits per heavy atom. The highest BCUT2D eigenvalue weighted by Gasteiger charge is 2.41. The third-order valence-electron chi connectivity index (χ3n) is 11.5. The third kappa shape index (κ3) is 17.2. The smallest absolute Gasteiger partial charge is 0.348 e. The van der Waals surface area contributed by atoms with Gasteiger partial charge in [0.25, 0.3) is 0 Å². The first-order valence-corrected chi connectivity index (χ1v) is 23.4. The van der Waals surface area contributed by atoms with Crippen molar-refractivity contribution < 1.29 is 57.2 Å². The van der Waals surface area contributed by atoms with Crippen LogP contribution in [0.3, 0.4) is 0 Å². The Hall–Kier alpha value is -8.43. The molecule has 0 amide bonds. The van der Waals surface area contributed by atoms with Crippen molar-refractivity contribution in [2.75, 3.05) is 95.1 Å². The summed E-state index contributed by atoms with van der Waals surface area (Å²) < 4.78 is 32.0. The highest BCUT2D eigenvalue weighted by molar-refractivity contribution is 5.99. The van der Waals surface area contributed by atoms with Gasteiger partial charge >= 0.3 is 35.8 Å². The van der Waals surface area contributed by atoms with Crippen LogP contribution >= 0.6 is 0 Å². The molecule has 0 heterocycles. The fourth-order valence-corrected chi connectivity index (χ4v) is 7.50. The largest absolute Gasteiger partial charge is 0.464 e. The van der Waals surface area contributed by atoms with Gasteiger partial charge in [0.05, 0.1) is 57.2 Å². The van der Waals surface area contributed by atoms with Crippen molar-refractivity contribution in [3.8, 4) is 18.2 Å². The molecule has 0 aliphatic heterocycles. The van der Waals surface area contributed by atoms with E-state index in [1.54, 1.807) is 93.6 Å². The summed E-state index contributed by atoms with van der Waals surface area (Å²) in [7, 11) is 5.43. The SMILES string of the molecule is CCOC(=O)/C(C#N)=C/c1ccc(N(C)CCOC(=O)C2CC(C(=O)OCCN(C)c3ccc(/C=C(\C#N)C(=O)OCC)cc3)CC(C(=O)OCCN(C)c3ccc(/C=C(\C#N)C(=O)OCC)cc3)C2)cc1. The summed E-state index contributed by atoms with van der Waals surface area (Å²) in [6.45, 7) is 6.32. The number of nitrogens with zero attached hydrogens (tertiary/aromatic N) is 6. The third-order valence-corrected chi connectivity index (χ3v) is 11.5. The molecule has 18 heteroatoms. The first-order chi connectivity index (χ1) is 34.6. The topological polar surface area (TPSA) is 239 Å². The van der Waals surface area contributed by atoms with Gasteiger partial charge in [-0.2, -0.15) is 15.8 Å². The molecule has 0 N–H and O–H groups in total. The predicted molar refractivity (Wildman–Crippen MR) is 267 cm³/mol. The van der Waals surface area contributed by atoms with E-state index in [2.05, 4.69) is 0 Å². The molecule has 0 unspecified atom stereocenters. The van der Waals surface area contributed by atoms with Crippen molar-refractivity contribution in [3.05, 3.63) is 106 Å². The van der Waals surface area contributed by atoms with Crippen LogP contribution < -0.4 is 14.7 Å². The predicted octanol–water partition coefficient (Wildman–Crippen LogP) is 6.47. The van der Waals surface area contributed by atoms with Crippen LogP contribution in [0.5, 0.6) is 0 Å². The second-order valence-corrected chi connectivity index (χ2v) is 16.5. The monoisotopic (exact) mass is 984 g/mol. The van der Waals surface area contributed by atoms with E-state index in [9.17, 15) is 44.6 Å². The molecule has 378 valence electrons. The number of hydrogen-bond donors (Lipinski definition) is 0. The Morgan fingerprint density at radius 2 is 0.681 bits per heavy atom. The molecular formula is C54H60N6O12. The molecule has 18 nitrogen and oxygen atoms in total. The number of carbonyl (C=O) groups excluding carboxylic acids is 6. The lowest BCUT2D eigenvalue weighted by atomic mass is 9.75. The normalized spacial score (nSPS) is 15.5. The Labute approximate surface area is 420 Å². The summed E-state index contributed by atoms with van der Waals surface area (Å²) in [4.78, 5) is 82.7. The molecule has 0 aromatic heterocycles. The van der Waals surface area contributed by atoms with Gasteiger partial charge in [0, 0.05) is 38.2 Å². The van der Waals surface area contributed by atoms with Gasteiger partial charge < -0.3 is 43.1 Å². The summed E-state index contributed by atoms with van der Waals surface area (Å²) >= 11 is 0. The molecule has 72 heavy (non-hydrogen) atoms. The standard InChI is InChI=1S/C54H60N6O12/c1-7-67-52(64)43(34-55)28-37-10-16-46(17-11-37)58(4)22-25-70-49(61)40-31-41(50(62)71-26-23-59(5)47-18-12-38(13-19-47)29-44(35-56)53(65)68-8-2)33-42(32-40)51(63)72-27-24-60(6)48-20-14-39(15-21-48)30-45(36-57)54(66)69-9-3/h10-21,28-30,40-42H,7-9,22-27,31-33H2,1-6H3/b43-28+,44-29+,45-30+. The number of esters is 6. The maximum Gasteiger partial charge on any atom is 0.348 e. The van der Waals surface area contributed by atoms with Crippen molar-refractivity contribution in [2.24, 2.45) is 17.8 Å². The molecule has 0 bridgehead atoms.